The maximum absolute atomic E-state index is 6.35. The molecule has 0 aliphatic rings. The van der Waals surface area contributed by atoms with Gasteiger partial charge in [0, 0.05) is 39.1 Å². The monoisotopic (exact) mass is 499 g/mol. The van der Waals surface area contributed by atoms with Crippen molar-refractivity contribution in [1.82, 2.24) is 24.8 Å². The van der Waals surface area contributed by atoms with Crippen LogP contribution in [0.25, 0.3) is 38.8 Å². The fraction of sp³-hybridized carbons (Fsp3) is 0.0741. The summed E-state index contributed by atoms with van der Waals surface area (Å²) in [5.41, 5.74) is 6.46. The molecule has 3 heterocycles. The molecule has 3 aromatic carbocycles. The Morgan fingerprint density at radius 3 is 2.26 bits per heavy atom. The molecule has 0 spiro atoms. The van der Waals surface area contributed by atoms with E-state index in [9.17, 15) is 0 Å². The van der Waals surface area contributed by atoms with Crippen LogP contribution < -0.4 is 4.74 Å². The molecule has 0 unspecified atom stereocenters. The van der Waals surface area contributed by atoms with Gasteiger partial charge in [0.2, 0.25) is 5.88 Å². The first-order valence-corrected chi connectivity index (χ1v) is 11.9. The number of nitrogens with zero attached hydrogens (tertiary/aromatic N) is 4. The van der Waals surface area contributed by atoms with Crippen LogP contribution in [0.3, 0.4) is 0 Å². The third-order valence-corrected chi connectivity index (χ3v) is 6.47. The van der Waals surface area contributed by atoms with E-state index in [4.69, 9.17) is 33.0 Å². The minimum atomic E-state index is 0.448. The van der Waals surface area contributed by atoms with E-state index < -0.39 is 0 Å². The molecule has 0 aliphatic carbocycles. The highest BCUT2D eigenvalue weighted by molar-refractivity contribution is 6.31. The topological polar surface area (TPSA) is 68.1 Å². The number of halogens is 2. The highest BCUT2D eigenvalue weighted by atomic mass is 35.5. The standard InChI is InChI=1S/C27H19Cl2N5O/c28-20-9-5-17(6-10-20)24-25(18-7-11-21(29)12-8-18)27(33-34-16-31-32-26(24)34)35-14-13-19-15-30-23-4-2-1-3-22(19)23/h1-12,15-16,30H,13-14H2. The Bertz CT molecular complexity index is 1640. The molecular weight excluding hydrogens is 481 g/mol. The Morgan fingerprint density at radius 1 is 0.829 bits per heavy atom. The summed E-state index contributed by atoms with van der Waals surface area (Å²) in [4.78, 5) is 3.32. The van der Waals surface area contributed by atoms with E-state index in [-0.39, 0.29) is 0 Å². The third-order valence-electron chi connectivity index (χ3n) is 5.97. The number of benzene rings is 3. The Labute approximate surface area is 211 Å². The largest absolute Gasteiger partial charge is 0.476 e. The van der Waals surface area contributed by atoms with Crippen LogP contribution in [0.2, 0.25) is 10.0 Å². The summed E-state index contributed by atoms with van der Waals surface area (Å²) >= 11 is 12.4. The van der Waals surface area contributed by atoms with Gasteiger partial charge in [0.25, 0.3) is 0 Å². The normalized spacial score (nSPS) is 11.4. The van der Waals surface area contributed by atoms with Crippen molar-refractivity contribution < 1.29 is 4.74 Å². The van der Waals surface area contributed by atoms with E-state index in [0.29, 0.717) is 28.2 Å². The number of rotatable bonds is 6. The summed E-state index contributed by atoms with van der Waals surface area (Å²) in [5.74, 6) is 0.490. The molecule has 0 saturated heterocycles. The lowest BCUT2D eigenvalue weighted by molar-refractivity contribution is 0.306. The summed E-state index contributed by atoms with van der Waals surface area (Å²) in [6, 6.07) is 23.5. The summed E-state index contributed by atoms with van der Waals surface area (Å²) in [6.07, 6.45) is 4.33. The summed E-state index contributed by atoms with van der Waals surface area (Å²) < 4.78 is 7.99. The molecule has 0 atom stereocenters. The highest BCUT2D eigenvalue weighted by Gasteiger charge is 2.21. The highest BCUT2D eigenvalue weighted by Crippen LogP contribution is 2.40. The Hall–Kier alpha value is -3.87. The second-order valence-corrected chi connectivity index (χ2v) is 9.00. The van der Waals surface area contributed by atoms with Gasteiger partial charge in [-0.15, -0.1) is 15.3 Å². The second-order valence-electron chi connectivity index (χ2n) is 8.13. The minimum absolute atomic E-state index is 0.448. The first kappa shape index (κ1) is 21.6. The number of H-pyrrole nitrogens is 1. The van der Waals surface area contributed by atoms with Gasteiger partial charge >= 0.3 is 0 Å². The van der Waals surface area contributed by atoms with E-state index in [1.807, 2.05) is 66.9 Å². The predicted octanol–water partition coefficient (Wildman–Crippen LogP) is 6.87. The van der Waals surface area contributed by atoms with E-state index in [1.165, 1.54) is 10.9 Å². The molecule has 0 saturated carbocycles. The van der Waals surface area contributed by atoms with Gasteiger partial charge in [0.1, 0.15) is 6.33 Å². The first-order chi connectivity index (χ1) is 17.2. The lowest BCUT2D eigenvalue weighted by Crippen LogP contribution is -2.07. The zero-order valence-corrected chi connectivity index (χ0v) is 20.0. The number of hydrogen-bond acceptors (Lipinski definition) is 4. The zero-order valence-electron chi connectivity index (χ0n) is 18.5. The van der Waals surface area contributed by atoms with Gasteiger partial charge < -0.3 is 9.72 Å². The van der Waals surface area contributed by atoms with Gasteiger partial charge in [0.15, 0.2) is 5.65 Å². The van der Waals surface area contributed by atoms with Gasteiger partial charge in [-0.1, -0.05) is 65.7 Å². The fourth-order valence-electron chi connectivity index (χ4n) is 4.31. The van der Waals surface area contributed by atoms with Crippen LogP contribution >= 0.6 is 23.2 Å². The smallest absolute Gasteiger partial charge is 0.240 e. The van der Waals surface area contributed by atoms with Crippen molar-refractivity contribution in [2.24, 2.45) is 0 Å². The van der Waals surface area contributed by atoms with Crippen molar-refractivity contribution in [3.8, 4) is 28.1 Å². The van der Waals surface area contributed by atoms with Crippen molar-refractivity contribution >= 4 is 39.8 Å². The number of aromatic nitrogens is 5. The van der Waals surface area contributed by atoms with Crippen molar-refractivity contribution in [1.29, 1.82) is 0 Å². The van der Waals surface area contributed by atoms with E-state index in [2.05, 4.69) is 27.3 Å². The molecule has 8 heteroatoms. The molecule has 3 aromatic heterocycles. The van der Waals surface area contributed by atoms with Crippen LogP contribution in [0.1, 0.15) is 5.56 Å². The van der Waals surface area contributed by atoms with Crippen LogP contribution in [0, 0.1) is 0 Å². The molecule has 6 rings (SSSR count). The number of aromatic amines is 1. The van der Waals surface area contributed by atoms with Crippen molar-refractivity contribution in [2.45, 2.75) is 6.42 Å². The molecule has 172 valence electrons. The lowest BCUT2D eigenvalue weighted by Gasteiger charge is -2.16. The van der Waals surface area contributed by atoms with Crippen molar-refractivity contribution in [3.05, 3.63) is 101 Å². The quantitative estimate of drug-likeness (QED) is 0.271. The van der Waals surface area contributed by atoms with Gasteiger partial charge in [-0.3, -0.25) is 0 Å². The third kappa shape index (κ3) is 4.11. The van der Waals surface area contributed by atoms with Crippen LogP contribution in [-0.4, -0.2) is 31.4 Å². The summed E-state index contributed by atoms with van der Waals surface area (Å²) in [5, 5.41) is 15.7. The predicted molar refractivity (Wildman–Crippen MR) is 139 cm³/mol. The summed E-state index contributed by atoms with van der Waals surface area (Å²) in [7, 11) is 0. The van der Waals surface area contributed by atoms with E-state index in [0.717, 1.165) is 34.2 Å². The van der Waals surface area contributed by atoms with Crippen LogP contribution in [0.4, 0.5) is 0 Å². The Morgan fingerprint density at radius 2 is 1.51 bits per heavy atom. The Balaban J connectivity index is 1.45. The molecule has 0 bridgehead atoms. The maximum atomic E-state index is 6.35. The van der Waals surface area contributed by atoms with Gasteiger partial charge in [-0.25, -0.2) is 0 Å². The first-order valence-electron chi connectivity index (χ1n) is 11.1. The van der Waals surface area contributed by atoms with Crippen molar-refractivity contribution in [3.63, 3.8) is 0 Å². The summed E-state index contributed by atoms with van der Waals surface area (Å²) in [6.45, 7) is 0.448. The number of nitrogens with one attached hydrogen (secondary N) is 1. The van der Waals surface area contributed by atoms with Crippen LogP contribution in [0.15, 0.2) is 85.3 Å². The molecule has 35 heavy (non-hydrogen) atoms. The molecule has 1 N–H and O–H groups in total. The zero-order chi connectivity index (χ0) is 23.8. The van der Waals surface area contributed by atoms with E-state index in [1.54, 1.807) is 10.8 Å². The molecule has 0 aliphatic heterocycles. The number of ether oxygens (including phenoxy) is 1. The average Bonchev–Trinajstić information content (AvgIpc) is 3.52. The van der Waals surface area contributed by atoms with Crippen molar-refractivity contribution in [2.75, 3.05) is 6.61 Å². The maximum Gasteiger partial charge on any atom is 0.240 e. The number of fused-ring (bicyclic) bond motifs is 2. The average molecular weight is 500 g/mol. The molecule has 6 nitrogen and oxygen atoms in total. The number of para-hydroxylation sites is 1. The molecule has 6 aromatic rings. The van der Waals surface area contributed by atoms with Crippen LogP contribution in [0.5, 0.6) is 5.88 Å². The Kier molecular flexibility index (Phi) is 5.60. The molecule has 0 radical (unpaired) electrons. The second kappa shape index (κ2) is 9.06. The fourth-order valence-corrected chi connectivity index (χ4v) is 4.56. The van der Waals surface area contributed by atoms with E-state index >= 15 is 0 Å². The van der Waals surface area contributed by atoms with Crippen LogP contribution in [-0.2, 0) is 6.42 Å². The van der Waals surface area contributed by atoms with Gasteiger partial charge in [-0.05, 0) is 47.0 Å². The number of hydrogen-bond donors (Lipinski definition) is 1. The molecule has 0 amide bonds. The molecular formula is C27H19Cl2N5O. The lowest BCUT2D eigenvalue weighted by atomic mass is 9.96. The molecule has 0 fully saturated rings. The van der Waals surface area contributed by atoms with Gasteiger partial charge in [-0.2, -0.15) is 4.52 Å². The SMILES string of the molecule is Clc1ccc(-c2c(OCCc3c[nH]c4ccccc34)nn3cnnc3c2-c2ccc(Cl)cc2)cc1. The van der Waals surface area contributed by atoms with Gasteiger partial charge in [0.05, 0.1) is 12.2 Å². The minimum Gasteiger partial charge on any atom is -0.476 e.